The standard InChI is InChI=1S/C14H9ClFNO4/c15-12-8(2-1-3-10(12)16)13(19)17-7-4-5-11(18)9(6-7)14(20)21/h1-6,18H,(H,17,19)(H,20,21). The second-order valence-electron chi connectivity index (χ2n) is 4.09. The molecule has 5 nitrogen and oxygen atoms in total. The third kappa shape index (κ3) is 3.11. The molecule has 0 fully saturated rings. The van der Waals surface area contributed by atoms with Crippen LogP contribution in [0.5, 0.6) is 5.75 Å². The molecule has 0 aromatic heterocycles. The zero-order valence-corrected chi connectivity index (χ0v) is 11.2. The van der Waals surface area contributed by atoms with E-state index in [0.29, 0.717) is 0 Å². The van der Waals surface area contributed by atoms with Crippen molar-refractivity contribution in [2.45, 2.75) is 0 Å². The third-order valence-corrected chi connectivity index (χ3v) is 3.07. The molecule has 2 rings (SSSR count). The first kappa shape index (κ1) is 14.8. The number of aromatic carboxylic acids is 1. The van der Waals surface area contributed by atoms with Crippen LogP contribution in [-0.2, 0) is 0 Å². The minimum absolute atomic E-state index is 0.0818. The second kappa shape index (κ2) is 5.80. The summed E-state index contributed by atoms with van der Waals surface area (Å²) in [5.74, 6) is -3.19. The van der Waals surface area contributed by atoms with Gasteiger partial charge in [0.15, 0.2) is 0 Å². The number of phenols is 1. The summed E-state index contributed by atoms with van der Waals surface area (Å²) in [6.45, 7) is 0. The van der Waals surface area contributed by atoms with Crippen molar-refractivity contribution in [2.75, 3.05) is 5.32 Å². The third-order valence-electron chi connectivity index (χ3n) is 2.68. The summed E-state index contributed by atoms with van der Waals surface area (Å²) in [5.41, 5.74) is -0.310. The molecule has 3 N–H and O–H groups in total. The van der Waals surface area contributed by atoms with Crippen molar-refractivity contribution >= 4 is 29.2 Å². The van der Waals surface area contributed by atoms with Crippen LogP contribution in [-0.4, -0.2) is 22.1 Å². The van der Waals surface area contributed by atoms with E-state index in [9.17, 15) is 19.1 Å². The highest BCUT2D eigenvalue weighted by molar-refractivity contribution is 6.34. The van der Waals surface area contributed by atoms with E-state index in [1.165, 1.54) is 18.2 Å². The van der Waals surface area contributed by atoms with Crippen molar-refractivity contribution < 1.29 is 24.2 Å². The number of carbonyl (C=O) groups is 2. The number of amides is 1. The lowest BCUT2D eigenvalue weighted by molar-refractivity contribution is 0.0693. The minimum atomic E-state index is -1.34. The van der Waals surface area contributed by atoms with Crippen LogP contribution in [0.2, 0.25) is 5.02 Å². The van der Waals surface area contributed by atoms with Gasteiger partial charge in [-0.1, -0.05) is 17.7 Å². The molecule has 0 unspecified atom stereocenters. The number of carboxylic acid groups (broad SMARTS) is 1. The van der Waals surface area contributed by atoms with Crippen LogP contribution in [0.15, 0.2) is 36.4 Å². The number of hydrogen-bond donors (Lipinski definition) is 3. The van der Waals surface area contributed by atoms with Gasteiger partial charge in [0.05, 0.1) is 10.6 Å². The van der Waals surface area contributed by atoms with E-state index in [1.807, 2.05) is 0 Å². The number of anilines is 1. The van der Waals surface area contributed by atoms with E-state index in [0.717, 1.165) is 18.2 Å². The first-order chi connectivity index (χ1) is 9.90. The van der Waals surface area contributed by atoms with Crippen LogP contribution in [0.4, 0.5) is 10.1 Å². The lowest BCUT2D eigenvalue weighted by Gasteiger charge is -2.08. The molecule has 0 saturated carbocycles. The summed E-state index contributed by atoms with van der Waals surface area (Å²) in [6, 6.07) is 7.30. The predicted octanol–water partition coefficient (Wildman–Crippen LogP) is 3.14. The molecule has 0 radical (unpaired) electrons. The summed E-state index contributed by atoms with van der Waals surface area (Å²) in [6.07, 6.45) is 0. The van der Waals surface area contributed by atoms with Gasteiger partial charge in [0, 0.05) is 5.69 Å². The number of hydrogen-bond acceptors (Lipinski definition) is 3. The van der Waals surface area contributed by atoms with E-state index in [1.54, 1.807) is 0 Å². The van der Waals surface area contributed by atoms with Crippen molar-refractivity contribution in [3.05, 3.63) is 58.4 Å². The molecule has 0 aliphatic carbocycles. The molecule has 0 atom stereocenters. The molecule has 0 heterocycles. The highest BCUT2D eigenvalue weighted by Gasteiger charge is 2.15. The van der Waals surface area contributed by atoms with Crippen LogP contribution in [0, 0.1) is 5.82 Å². The maximum Gasteiger partial charge on any atom is 0.339 e. The summed E-state index contributed by atoms with van der Waals surface area (Å²) >= 11 is 5.69. The zero-order valence-electron chi connectivity index (χ0n) is 10.4. The molecular weight excluding hydrogens is 301 g/mol. The first-order valence-corrected chi connectivity index (χ1v) is 6.09. The Hall–Kier alpha value is -2.60. The Morgan fingerprint density at radius 3 is 2.52 bits per heavy atom. The molecule has 0 aliphatic rings. The van der Waals surface area contributed by atoms with E-state index in [4.69, 9.17) is 16.7 Å². The molecule has 0 spiro atoms. The quantitative estimate of drug-likeness (QED) is 0.760. The average molecular weight is 310 g/mol. The summed E-state index contributed by atoms with van der Waals surface area (Å²) in [4.78, 5) is 22.9. The average Bonchev–Trinajstić information content (AvgIpc) is 2.43. The van der Waals surface area contributed by atoms with Gasteiger partial charge < -0.3 is 15.5 Å². The highest BCUT2D eigenvalue weighted by Crippen LogP contribution is 2.24. The predicted molar refractivity (Wildman–Crippen MR) is 74.4 cm³/mol. The lowest BCUT2D eigenvalue weighted by atomic mass is 10.1. The normalized spacial score (nSPS) is 10.2. The molecule has 0 bridgehead atoms. The van der Waals surface area contributed by atoms with Crippen molar-refractivity contribution in [1.29, 1.82) is 0 Å². The number of rotatable bonds is 3. The molecule has 7 heteroatoms. The fourth-order valence-corrected chi connectivity index (χ4v) is 1.87. The fourth-order valence-electron chi connectivity index (χ4n) is 1.66. The Morgan fingerprint density at radius 1 is 1.14 bits per heavy atom. The lowest BCUT2D eigenvalue weighted by Crippen LogP contribution is -2.13. The molecule has 2 aromatic rings. The Balaban J connectivity index is 2.30. The van der Waals surface area contributed by atoms with Crippen molar-refractivity contribution in [1.82, 2.24) is 0 Å². The molecule has 0 aliphatic heterocycles. The number of benzene rings is 2. The van der Waals surface area contributed by atoms with Crippen LogP contribution in [0.3, 0.4) is 0 Å². The van der Waals surface area contributed by atoms with Crippen molar-refractivity contribution in [3.63, 3.8) is 0 Å². The smallest absolute Gasteiger partial charge is 0.339 e. The van der Waals surface area contributed by atoms with Crippen LogP contribution >= 0.6 is 11.6 Å². The van der Waals surface area contributed by atoms with E-state index in [-0.39, 0.29) is 21.8 Å². The van der Waals surface area contributed by atoms with Gasteiger partial charge in [-0.05, 0) is 30.3 Å². The molecule has 0 saturated heterocycles. The largest absolute Gasteiger partial charge is 0.507 e. The Bertz CT molecular complexity index is 733. The zero-order chi connectivity index (χ0) is 15.6. The number of carbonyl (C=O) groups excluding carboxylic acids is 1. The van der Waals surface area contributed by atoms with Gasteiger partial charge in [-0.3, -0.25) is 4.79 Å². The van der Waals surface area contributed by atoms with Crippen LogP contribution in [0.25, 0.3) is 0 Å². The summed E-state index contributed by atoms with van der Waals surface area (Å²) < 4.78 is 13.3. The molecule has 21 heavy (non-hydrogen) atoms. The maximum absolute atomic E-state index is 13.3. The van der Waals surface area contributed by atoms with E-state index in [2.05, 4.69) is 5.32 Å². The van der Waals surface area contributed by atoms with E-state index < -0.39 is 23.4 Å². The molecule has 108 valence electrons. The molecule has 2 aromatic carbocycles. The minimum Gasteiger partial charge on any atom is -0.507 e. The SMILES string of the molecule is O=C(O)c1cc(NC(=O)c2cccc(F)c2Cl)ccc1O. The number of aromatic hydroxyl groups is 1. The molecular formula is C14H9ClFNO4. The Kier molecular flexibility index (Phi) is 4.09. The maximum atomic E-state index is 13.3. The van der Waals surface area contributed by atoms with Gasteiger partial charge in [-0.25, -0.2) is 9.18 Å². The number of carboxylic acids is 1. The van der Waals surface area contributed by atoms with Crippen molar-refractivity contribution in [2.24, 2.45) is 0 Å². The number of nitrogens with one attached hydrogen (secondary N) is 1. The monoisotopic (exact) mass is 309 g/mol. The van der Waals surface area contributed by atoms with Gasteiger partial charge in [-0.2, -0.15) is 0 Å². The van der Waals surface area contributed by atoms with E-state index >= 15 is 0 Å². The van der Waals surface area contributed by atoms with Gasteiger partial charge in [0.25, 0.3) is 5.91 Å². The number of halogens is 2. The van der Waals surface area contributed by atoms with Crippen molar-refractivity contribution in [3.8, 4) is 5.75 Å². The summed E-state index contributed by atoms with van der Waals surface area (Å²) in [5, 5.41) is 20.3. The Morgan fingerprint density at radius 2 is 1.86 bits per heavy atom. The van der Waals surface area contributed by atoms with Crippen LogP contribution in [0.1, 0.15) is 20.7 Å². The van der Waals surface area contributed by atoms with Gasteiger partial charge in [0.2, 0.25) is 0 Å². The van der Waals surface area contributed by atoms with Gasteiger partial charge >= 0.3 is 5.97 Å². The molecule has 1 amide bonds. The summed E-state index contributed by atoms with van der Waals surface area (Å²) in [7, 11) is 0. The second-order valence-corrected chi connectivity index (χ2v) is 4.47. The fraction of sp³-hybridized carbons (Fsp3) is 0. The van der Waals surface area contributed by atoms with Gasteiger partial charge in [0.1, 0.15) is 17.1 Å². The first-order valence-electron chi connectivity index (χ1n) is 5.72. The van der Waals surface area contributed by atoms with Gasteiger partial charge in [-0.15, -0.1) is 0 Å². The van der Waals surface area contributed by atoms with Crippen LogP contribution < -0.4 is 5.32 Å². The Labute approximate surface area is 123 Å². The highest BCUT2D eigenvalue weighted by atomic mass is 35.5. The topological polar surface area (TPSA) is 86.6 Å².